The van der Waals surface area contributed by atoms with Crippen LogP contribution in [0, 0.1) is 5.82 Å². The van der Waals surface area contributed by atoms with E-state index >= 15 is 0 Å². The molecule has 118 valence electrons. The summed E-state index contributed by atoms with van der Waals surface area (Å²) in [6.45, 7) is 4.52. The van der Waals surface area contributed by atoms with Gasteiger partial charge in [0.05, 0.1) is 12.3 Å². The molecular weight excluding hydrogens is 273 g/mol. The molecule has 0 bridgehead atoms. The van der Waals surface area contributed by atoms with Crippen molar-refractivity contribution in [2.45, 2.75) is 26.2 Å². The molecule has 0 fully saturated rings. The van der Waals surface area contributed by atoms with Crippen molar-refractivity contribution in [1.82, 2.24) is 4.90 Å². The predicted molar refractivity (Wildman–Crippen MR) is 82.5 cm³/mol. The van der Waals surface area contributed by atoms with Gasteiger partial charge in [-0.1, -0.05) is 6.92 Å². The Morgan fingerprint density at radius 3 is 2.76 bits per heavy atom. The summed E-state index contributed by atoms with van der Waals surface area (Å²) < 4.78 is 13.0. The van der Waals surface area contributed by atoms with Crippen molar-refractivity contribution in [2.75, 3.05) is 37.3 Å². The quantitative estimate of drug-likeness (QED) is 0.608. The molecule has 1 rings (SSSR count). The molecule has 1 aromatic carbocycles. The molecule has 0 saturated carbocycles. The maximum atomic E-state index is 13.0. The Labute approximate surface area is 124 Å². The first-order valence-electron chi connectivity index (χ1n) is 7.25. The number of nitrogen functional groups attached to an aromatic ring is 1. The number of rotatable bonds is 9. The van der Waals surface area contributed by atoms with Crippen molar-refractivity contribution in [2.24, 2.45) is 0 Å². The van der Waals surface area contributed by atoms with E-state index in [0.29, 0.717) is 25.1 Å². The largest absolute Gasteiger partial charge is 0.396 e. The second-order valence-electron chi connectivity index (χ2n) is 4.95. The van der Waals surface area contributed by atoms with Crippen molar-refractivity contribution >= 4 is 17.3 Å². The first-order chi connectivity index (χ1) is 10.1. The molecule has 0 radical (unpaired) electrons. The van der Waals surface area contributed by atoms with Gasteiger partial charge in [0.15, 0.2) is 0 Å². The maximum Gasteiger partial charge on any atom is 0.224 e. The molecule has 6 heteroatoms. The second-order valence-corrected chi connectivity index (χ2v) is 4.95. The van der Waals surface area contributed by atoms with Crippen LogP contribution >= 0.6 is 0 Å². The van der Waals surface area contributed by atoms with Gasteiger partial charge in [-0.05, 0) is 44.1 Å². The standard InChI is InChI=1S/C15H24FN3O2/c1-2-7-19(9-10-20)8-3-4-15(21)18-12-5-6-13(16)14(17)11-12/h5-6,11,20H,2-4,7-10,17H2,1H3,(H,18,21). The number of hydrogen-bond donors (Lipinski definition) is 3. The van der Waals surface area contributed by atoms with E-state index in [-0.39, 0.29) is 18.2 Å². The van der Waals surface area contributed by atoms with E-state index in [1.54, 1.807) is 0 Å². The van der Waals surface area contributed by atoms with Crippen molar-refractivity contribution in [1.29, 1.82) is 0 Å². The SMILES string of the molecule is CCCN(CCO)CCCC(=O)Nc1ccc(F)c(N)c1. The minimum atomic E-state index is -0.493. The fourth-order valence-electron chi connectivity index (χ4n) is 2.10. The van der Waals surface area contributed by atoms with E-state index in [2.05, 4.69) is 17.1 Å². The summed E-state index contributed by atoms with van der Waals surface area (Å²) in [5.41, 5.74) is 5.96. The molecule has 1 amide bonds. The van der Waals surface area contributed by atoms with Crippen LogP contribution in [0.15, 0.2) is 18.2 Å². The highest BCUT2D eigenvalue weighted by Crippen LogP contribution is 2.16. The lowest BCUT2D eigenvalue weighted by molar-refractivity contribution is -0.116. The Morgan fingerprint density at radius 1 is 1.38 bits per heavy atom. The Morgan fingerprint density at radius 2 is 2.14 bits per heavy atom. The smallest absolute Gasteiger partial charge is 0.224 e. The summed E-state index contributed by atoms with van der Waals surface area (Å²) >= 11 is 0. The normalized spacial score (nSPS) is 10.9. The highest BCUT2D eigenvalue weighted by atomic mass is 19.1. The number of nitrogens with two attached hydrogens (primary N) is 1. The van der Waals surface area contributed by atoms with E-state index in [0.717, 1.165) is 19.5 Å². The van der Waals surface area contributed by atoms with Crippen LogP contribution < -0.4 is 11.1 Å². The monoisotopic (exact) mass is 297 g/mol. The zero-order valence-corrected chi connectivity index (χ0v) is 12.4. The van der Waals surface area contributed by atoms with Crippen LogP contribution in [0.2, 0.25) is 0 Å². The van der Waals surface area contributed by atoms with E-state index in [1.807, 2.05) is 0 Å². The first-order valence-corrected chi connectivity index (χ1v) is 7.25. The number of carbonyl (C=O) groups excluding carboxylic acids is 1. The van der Waals surface area contributed by atoms with E-state index in [4.69, 9.17) is 10.8 Å². The fourth-order valence-corrected chi connectivity index (χ4v) is 2.10. The van der Waals surface area contributed by atoms with Gasteiger partial charge in [-0.2, -0.15) is 0 Å². The molecule has 0 unspecified atom stereocenters. The van der Waals surface area contributed by atoms with E-state index in [9.17, 15) is 9.18 Å². The average Bonchev–Trinajstić information content (AvgIpc) is 2.43. The van der Waals surface area contributed by atoms with Gasteiger partial charge < -0.3 is 21.1 Å². The Hall–Kier alpha value is -1.66. The number of hydrogen-bond acceptors (Lipinski definition) is 4. The molecule has 0 aliphatic carbocycles. The molecule has 5 nitrogen and oxygen atoms in total. The highest BCUT2D eigenvalue weighted by Gasteiger charge is 2.07. The zero-order valence-electron chi connectivity index (χ0n) is 12.4. The number of amides is 1. The number of halogens is 1. The summed E-state index contributed by atoms with van der Waals surface area (Å²) in [5.74, 6) is -0.617. The summed E-state index contributed by atoms with van der Waals surface area (Å²) in [6, 6.07) is 4.12. The van der Waals surface area contributed by atoms with Crippen molar-refractivity contribution in [3.05, 3.63) is 24.0 Å². The molecule has 0 aliphatic rings. The van der Waals surface area contributed by atoms with E-state index in [1.165, 1.54) is 18.2 Å². The predicted octanol–water partition coefficient (Wildman–Crippen LogP) is 1.83. The van der Waals surface area contributed by atoms with Gasteiger partial charge in [0.1, 0.15) is 5.82 Å². The van der Waals surface area contributed by atoms with Crippen LogP contribution in [0.25, 0.3) is 0 Å². The van der Waals surface area contributed by atoms with Gasteiger partial charge in [0.25, 0.3) is 0 Å². The first kappa shape index (κ1) is 17.4. The van der Waals surface area contributed by atoms with Crippen LogP contribution in [0.4, 0.5) is 15.8 Å². The number of benzene rings is 1. The average molecular weight is 297 g/mol. The number of aliphatic hydroxyl groups is 1. The van der Waals surface area contributed by atoms with Crippen molar-refractivity contribution < 1.29 is 14.3 Å². The van der Waals surface area contributed by atoms with Crippen LogP contribution in [-0.2, 0) is 4.79 Å². The minimum absolute atomic E-state index is 0.0184. The molecule has 0 aromatic heterocycles. The molecule has 0 spiro atoms. The third-order valence-electron chi connectivity index (χ3n) is 3.11. The van der Waals surface area contributed by atoms with Gasteiger partial charge in [-0.25, -0.2) is 4.39 Å². The lowest BCUT2D eigenvalue weighted by atomic mass is 10.2. The molecule has 4 N–H and O–H groups in total. The van der Waals surface area contributed by atoms with Crippen molar-refractivity contribution in [3.8, 4) is 0 Å². The van der Waals surface area contributed by atoms with Gasteiger partial charge >= 0.3 is 0 Å². The van der Waals surface area contributed by atoms with Crippen LogP contribution in [0.3, 0.4) is 0 Å². The molecule has 1 aromatic rings. The van der Waals surface area contributed by atoms with E-state index < -0.39 is 5.82 Å². The summed E-state index contributed by atoms with van der Waals surface area (Å²) in [4.78, 5) is 13.9. The van der Waals surface area contributed by atoms with Gasteiger partial charge in [0, 0.05) is 18.7 Å². The number of nitrogens with one attached hydrogen (secondary N) is 1. The van der Waals surface area contributed by atoms with Crippen LogP contribution in [0.1, 0.15) is 26.2 Å². The molecule has 0 atom stereocenters. The summed E-state index contributed by atoms with van der Waals surface area (Å²) in [6.07, 6.45) is 2.10. The second kappa shape index (κ2) is 9.31. The zero-order chi connectivity index (χ0) is 15.7. The third-order valence-corrected chi connectivity index (χ3v) is 3.11. The summed E-state index contributed by atoms with van der Waals surface area (Å²) in [7, 11) is 0. The highest BCUT2D eigenvalue weighted by molar-refractivity contribution is 5.91. The minimum Gasteiger partial charge on any atom is -0.396 e. The molecule has 0 heterocycles. The van der Waals surface area contributed by atoms with Gasteiger partial charge in [-0.15, -0.1) is 0 Å². The fraction of sp³-hybridized carbons (Fsp3) is 0.533. The molecule has 21 heavy (non-hydrogen) atoms. The molecule has 0 aliphatic heterocycles. The lowest BCUT2D eigenvalue weighted by Gasteiger charge is -2.20. The Kier molecular flexibility index (Phi) is 7.71. The topological polar surface area (TPSA) is 78.6 Å². The summed E-state index contributed by atoms with van der Waals surface area (Å²) in [5, 5.41) is 11.6. The number of carbonyl (C=O) groups is 1. The van der Waals surface area contributed by atoms with Crippen LogP contribution in [0.5, 0.6) is 0 Å². The Bertz CT molecular complexity index is 449. The molecular formula is C15H24FN3O2. The lowest BCUT2D eigenvalue weighted by Crippen LogP contribution is -2.29. The van der Waals surface area contributed by atoms with Crippen LogP contribution in [-0.4, -0.2) is 42.2 Å². The molecule has 0 saturated heterocycles. The van der Waals surface area contributed by atoms with Gasteiger partial charge in [-0.3, -0.25) is 4.79 Å². The third kappa shape index (κ3) is 6.55. The number of anilines is 2. The van der Waals surface area contributed by atoms with Crippen molar-refractivity contribution in [3.63, 3.8) is 0 Å². The Balaban J connectivity index is 2.34. The number of aliphatic hydroxyl groups excluding tert-OH is 1. The number of nitrogens with zero attached hydrogens (tertiary/aromatic N) is 1. The maximum absolute atomic E-state index is 13.0. The van der Waals surface area contributed by atoms with Gasteiger partial charge in [0.2, 0.25) is 5.91 Å².